The highest BCUT2D eigenvalue weighted by atomic mass is 35.5. The van der Waals surface area contributed by atoms with E-state index in [9.17, 15) is 5.11 Å². The fourth-order valence-corrected chi connectivity index (χ4v) is 4.64. The zero-order valence-electron chi connectivity index (χ0n) is 19.3. The van der Waals surface area contributed by atoms with Gasteiger partial charge >= 0.3 is 0 Å². The number of ether oxygens (including phenoxy) is 1. The predicted octanol–water partition coefficient (Wildman–Crippen LogP) is 6.31. The summed E-state index contributed by atoms with van der Waals surface area (Å²) in [4.78, 5) is 7.02. The maximum Gasteiger partial charge on any atom is 0.131 e. The molecular weight excluding hydrogens is 396 g/mol. The minimum atomic E-state index is -0.667. The number of rotatable bonds is 8. The van der Waals surface area contributed by atoms with E-state index in [2.05, 4.69) is 42.8 Å². The van der Waals surface area contributed by atoms with Gasteiger partial charge in [-0.1, -0.05) is 45.2 Å². The van der Waals surface area contributed by atoms with E-state index >= 15 is 0 Å². The summed E-state index contributed by atoms with van der Waals surface area (Å²) >= 11 is 6.25. The van der Waals surface area contributed by atoms with Crippen molar-refractivity contribution in [1.29, 1.82) is 0 Å². The number of pyridine rings is 1. The first-order valence-corrected chi connectivity index (χ1v) is 11.7. The molecule has 4 nitrogen and oxygen atoms in total. The van der Waals surface area contributed by atoms with Crippen LogP contribution in [0.1, 0.15) is 77.5 Å². The van der Waals surface area contributed by atoms with Gasteiger partial charge in [0.05, 0.1) is 11.6 Å². The van der Waals surface area contributed by atoms with E-state index in [1.165, 1.54) is 12.8 Å². The van der Waals surface area contributed by atoms with Crippen LogP contribution in [-0.2, 0) is 0 Å². The number of aromatic nitrogens is 1. The fourth-order valence-electron chi connectivity index (χ4n) is 4.39. The van der Waals surface area contributed by atoms with Crippen molar-refractivity contribution in [3.05, 3.63) is 34.5 Å². The van der Waals surface area contributed by atoms with Crippen LogP contribution < -0.4 is 4.74 Å². The van der Waals surface area contributed by atoms with Crippen LogP contribution >= 0.6 is 11.6 Å². The van der Waals surface area contributed by atoms with E-state index in [-0.39, 0.29) is 6.04 Å². The van der Waals surface area contributed by atoms with Crippen LogP contribution in [-0.4, -0.2) is 39.8 Å². The third kappa shape index (κ3) is 4.92. The number of hydrogen-bond donors (Lipinski definition) is 1. The summed E-state index contributed by atoms with van der Waals surface area (Å²) in [5, 5.41) is 12.9. The first-order valence-electron chi connectivity index (χ1n) is 11.4. The Labute approximate surface area is 186 Å². The van der Waals surface area contributed by atoms with E-state index in [0.717, 1.165) is 53.7 Å². The summed E-state index contributed by atoms with van der Waals surface area (Å²) in [5.74, 6) is 1.46. The topological polar surface area (TPSA) is 45.6 Å². The third-order valence-electron chi connectivity index (χ3n) is 6.25. The van der Waals surface area contributed by atoms with Gasteiger partial charge in [0.15, 0.2) is 0 Å². The highest BCUT2D eigenvalue weighted by Crippen LogP contribution is 2.45. The minimum Gasteiger partial charge on any atom is -0.485 e. The second-order valence-electron chi connectivity index (χ2n) is 9.69. The lowest BCUT2D eigenvalue weighted by atomic mass is 9.84. The normalized spacial score (nSPS) is 20.6. The zero-order chi connectivity index (χ0) is 22.1. The number of aliphatic hydroxyl groups is 1. The van der Waals surface area contributed by atoms with E-state index in [4.69, 9.17) is 16.3 Å². The third-order valence-corrected chi connectivity index (χ3v) is 6.45. The van der Waals surface area contributed by atoms with Crippen LogP contribution in [0.2, 0.25) is 5.15 Å². The van der Waals surface area contributed by atoms with Gasteiger partial charge in [-0.05, 0) is 76.4 Å². The second-order valence-corrected chi connectivity index (χ2v) is 10.1. The van der Waals surface area contributed by atoms with Crippen molar-refractivity contribution in [1.82, 2.24) is 9.88 Å². The summed E-state index contributed by atoms with van der Waals surface area (Å²) in [6.07, 6.45) is 3.98. The molecule has 0 radical (unpaired) electrons. The molecule has 0 saturated heterocycles. The molecule has 0 saturated carbocycles. The lowest BCUT2D eigenvalue weighted by Crippen LogP contribution is -2.54. The smallest absolute Gasteiger partial charge is 0.131 e. The summed E-state index contributed by atoms with van der Waals surface area (Å²) in [6, 6.07) is 5.92. The van der Waals surface area contributed by atoms with E-state index < -0.39 is 11.7 Å². The van der Waals surface area contributed by atoms with E-state index in [1.54, 1.807) is 0 Å². The predicted molar refractivity (Wildman–Crippen MR) is 125 cm³/mol. The Morgan fingerprint density at radius 2 is 1.93 bits per heavy atom. The van der Waals surface area contributed by atoms with Gasteiger partial charge in [0.25, 0.3) is 0 Å². The van der Waals surface area contributed by atoms with Gasteiger partial charge in [-0.3, -0.25) is 4.90 Å². The molecule has 1 N–H and O–H groups in total. The Hall–Kier alpha value is -1.36. The highest BCUT2D eigenvalue weighted by Gasteiger charge is 2.45. The molecule has 1 aromatic heterocycles. The van der Waals surface area contributed by atoms with Gasteiger partial charge in [-0.25, -0.2) is 4.98 Å². The van der Waals surface area contributed by atoms with Crippen molar-refractivity contribution < 1.29 is 9.84 Å². The van der Waals surface area contributed by atoms with Crippen LogP contribution in [0, 0.1) is 12.8 Å². The molecule has 166 valence electrons. The molecule has 30 heavy (non-hydrogen) atoms. The standard InChI is InChI=1S/C25H37ClN2O2/c1-7-8-9-11-28(12-10-16(2)3)23-19-14-20-18(17(4)13-22(26)27-20)15-21(19)30-25(5,6)24(23)29/h13-16,23-24,29H,7-12H2,1-6H3/t23-,24+/m0/s1. The summed E-state index contributed by atoms with van der Waals surface area (Å²) in [7, 11) is 0. The van der Waals surface area contributed by atoms with Crippen LogP contribution in [0.25, 0.3) is 10.9 Å². The van der Waals surface area contributed by atoms with Crippen molar-refractivity contribution in [2.75, 3.05) is 13.1 Å². The maximum atomic E-state index is 11.4. The highest BCUT2D eigenvalue weighted by molar-refractivity contribution is 6.29. The van der Waals surface area contributed by atoms with Gasteiger partial charge in [0.1, 0.15) is 22.6 Å². The van der Waals surface area contributed by atoms with Gasteiger partial charge < -0.3 is 9.84 Å². The zero-order valence-corrected chi connectivity index (χ0v) is 20.1. The van der Waals surface area contributed by atoms with Crippen molar-refractivity contribution in [3.8, 4) is 5.75 Å². The molecule has 2 atom stereocenters. The molecule has 5 heteroatoms. The number of aliphatic hydroxyl groups excluding tert-OH is 1. The first kappa shape index (κ1) is 23.3. The Kier molecular flexibility index (Phi) is 7.32. The van der Waals surface area contributed by atoms with Gasteiger partial charge in [0.2, 0.25) is 0 Å². The van der Waals surface area contributed by atoms with Crippen LogP contribution in [0.4, 0.5) is 0 Å². The number of unbranched alkanes of at least 4 members (excludes halogenated alkanes) is 2. The first-order chi connectivity index (χ1) is 14.1. The molecule has 0 spiro atoms. The van der Waals surface area contributed by atoms with Crippen molar-refractivity contribution >= 4 is 22.5 Å². The molecule has 1 aliphatic heterocycles. The van der Waals surface area contributed by atoms with Crippen molar-refractivity contribution in [3.63, 3.8) is 0 Å². The number of benzene rings is 1. The minimum absolute atomic E-state index is 0.121. The SMILES string of the molecule is CCCCCN(CCC(C)C)[C@H]1c2cc3nc(Cl)cc(C)c3cc2OC(C)(C)[C@@H]1O. The molecule has 0 unspecified atom stereocenters. The lowest BCUT2D eigenvalue weighted by Gasteiger charge is -2.46. The molecule has 1 aliphatic rings. The number of hydrogen-bond acceptors (Lipinski definition) is 4. The van der Waals surface area contributed by atoms with Crippen LogP contribution in [0.15, 0.2) is 18.2 Å². The molecule has 2 aromatic rings. The molecular formula is C25H37ClN2O2. The van der Waals surface area contributed by atoms with Crippen LogP contribution in [0.3, 0.4) is 0 Å². The van der Waals surface area contributed by atoms with E-state index in [1.807, 2.05) is 26.8 Å². The molecule has 0 aliphatic carbocycles. The summed E-state index contributed by atoms with van der Waals surface area (Å²) in [6.45, 7) is 14.7. The lowest BCUT2D eigenvalue weighted by molar-refractivity contribution is -0.0941. The Bertz CT molecular complexity index is 881. The van der Waals surface area contributed by atoms with Gasteiger partial charge in [0, 0.05) is 10.9 Å². The number of nitrogens with zero attached hydrogens (tertiary/aromatic N) is 2. The average Bonchev–Trinajstić information content (AvgIpc) is 2.65. The summed E-state index contributed by atoms with van der Waals surface area (Å²) < 4.78 is 6.32. The van der Waals surface area contributed by atoms with E-state index in [0.29, 0.717) is 11.1 Å². The Morgan fingerprint density at radius 3 is 2.60 bits per heavy atom. The number of halogens is 1. The average molecular weight is 433 g/mol. The number of aryl methyl sites for hydroxylation is 1. The molecule has 1 aromatic carbocycles. The maximum absolute atomic E-state index is 11.4. The quantitative estimate of drug-likeness (QED) is 0.392. The second kappa shape index (κ2) is 9.42. The van der Waals surface area contributed by atoms with Gasteiger partial charge in [-0.15, -0.1) is 0 Å². The van der Waals surface area contributed by atoms with Crippen LogP contribution in [0.5, 0.6) is 5.75 Å². The van der Waals surface area contributed by atoms with Crippen molar-refractivity contribution in [2.24, 2.45) is 5.92 Å². The fraction of sp³-hybridized carbons (Fsp3) is 0.640. The molecule has 3 rings (SSSR count). The Morgan fingerprint density at radius 1 is 1.20 bits per heavy atom. The largest absolute Gasteiger partial charge is 0.485 e. The molecule has 0 bridgehead atoms. The molecule has 0 fully saturated rings. The number of fused-ring (bicyclic) bond motifs is 2. The molecule has 0 amide bonds. The van der Waals surface area contributed by atoms with Gasteiger partial charge in [-0.2, -0.15) is 0 Å². The summed E-state index contributed by atoms with van der Waals surface area (Å²) in [5.41, 5.74) is 2.29. The molecule has 2 heterocycles. The van der Waals surface area contributed by atoms with Crippen molar-refractivity contribution in [2.45, 2.75) is 85.0 Å². The Balaban J connectivity index is 2.10. The monoisotopic (exact) mass is 432 g/mol.